The van der Waals surface area contributed by atoms with E-state index in [4.69, 9.17) is 28.3 Å². The van der Waals surface area contributed by atoms with Crippen molar-refractivity contribution < 1.29 is 19.2 Å². The van der Waals surface area contributed by atoms with Gasteiger partial charge in [-0.2, -0.15) is 0 Å². The van der Waals surface area contributed by atoms with Crippen LogP contribution in [0, 0.1) is 11.3 Å². The topological polar surface area (TPSA) is 245 Å². The third-order valence-corrected chi connectivity index (χ3v) is 5.84. The van der Waals surface area contributed by atoms with Crippen LogP contribution in [0.15, 0.2) is 41.9 Å². The minimum absolute atomic E-state index is 0.0455. The number of amides is 4. The largest absolute Gasteiger partial charge is 0.384 e. The van der Waals surface area contributed by atoms with E-state index < -0.39 is 41.6 Å². The van der Waals surface area contributed by atoms with Gasteiger partial charge in [0, 0.05) is 18.7 Å². The molecule has 0 heterocycles. The Balaban J connectivity index is 3.07. The van der Waals surface area contributed by atoms with Crippen molar-refractivity contribution in [2.45, 2.75) is 57.5 Å². The number of guanidine groups is 1. The first-order valence-corrected chi connectivity index (χ1v) is 12.8. The van der Waals surface area contributed by atoms with E-state index in [-0.39, 0.29) is 37.7 Å². The number of nitrogens with two attached hydrogens (primary N) is 4. The Bertz CT molecular complexity index is 1040. The lowest BCUT2D eigenvalue weighted by Gasteiger charge is -2.24. The van der Waals surface area contributed by atoms with Crippen molar-refractivity contribution in [3.8, 4) is 0 Å². The number of nitrogen functional groups attached to an aromatic ring is 1. The molecule has 0 fully saturated rings. The average Bonchev–Trinajstić information content (AvgIpc) is 2.89. The summed E-state index contributed by atoms with van der Waals surface area (Å²) in [5, 5.41) is 15.4. The zero-order valence-electron chi connectivity index (χ0n) is 22.4. The van der Waals surface area contributed by atoms with Crippen molar-refractivity contribution >= 4 is 35.4 Å². The smallest absolute Gasteiger partial charge is 0.243 e. The maximum absolute atomic E-state index is 13.3. The highest BCUT2D eigenvalue weighted by atomic mass is 16.2. The van der Waals surface area contributed by atoms with Gasteiger partial charge < -0.3 is 38.9 Å². The van der Waals surface area contributed by atoms with E-state index in [0.29, 0.717) is 30.4 Å². The van der Waals surface area contributed by atoms with Gasteiger partial charge >= 0.3 is 0 Å². The lowest BCUT2D eigenvalue weighted by Crippen LogP contribution is -2.55. The van der Waals surface area contributed by atoms with E-state index >= 15 is 0 Å². The highest BCUT2D eigenvalue weighted by molar-refractivity contribution is 6.02. The number of carbonyl (C=O) groups excluding carboxylic acids is 4. The Morgan fingerprint density at radius 2 is 1.56 bits per heavy atom. The van der Waals surface area contributed by atoms with Gasteiger partial charge in [0.2, 0.25) is 23.6 Å². The molecule has 0 spiro atoms. The summed E-state index contributed by atoms with van der Waals surface area (Å²) in [6.45, 7) is 5.92. The molecule has 1 aromatic rings. The molecular weight excluding hydrogens is 502 g/mol. The summed E-state index contributed by atoms with van der Waals surface area (Å²) in [5.41, 5.74) is 22.7. The van der Waals surface area contributed by atoms with E-state index in [1.54, 1.807) is 24.3 Å². The molecular formula is C26H41N9O4. The number of nitrogens with zero attached hydrogens (tertiary/aromatic N) is 1. The van der Waals surface area contributed by atoms with Crippen LogP contribution in [-0.4, -0.2) is 60.6 Å². The molecule has 0 radical (unpaired) electrons. The first kappa shape index (κ1) is 32.6. The van der Waals surface area contributed by atoms with Gasteiger partial charge in [-0.3, -0.25) is 29.6 Å². The van der Waals surface area contributed by atoms with Gasteiger partial charge in [-0.05, 0) is 31.2 Å². The summed E-state index contributed by atoms with van der Waals surface area (Å²) >= 11 is 0. The summed E-state index contributed by atoms with van der Waals surface area (Å²) < 4.78 is 0. The number of nitrogens with one attached hydrogen (secondary N) is 4. The molecule has 2 unspecified atom stereocenters. The predicted molar refractivity (Wildman–Crippen MR) is 150 cm³/mol. The van der Waals surface area contributed by atoms with Gasteiger partial charge in [0.1, 0.15) is 23.8 Å². The molecule has 0 bridgehead atoms. The van der Waals surface area contributed by atoms with Gasteiger partial charge in [0.05, 0.1) is 0 Å². The Morgan fingerprint density at radius 3 is 2.10 bits per heavy atom. The number of hydrogen-bond acceptors (Lipinski definition) is 6. The maximum Gasteiger partial charge on any atom is 0.243 e. The lowest BCUT2D eigenvalue weighted by atomic mass is 9.95. The molecule has 39 heavy (non-hydrogen) atoms. The standard InChI is InChI=1S/C26H41N9O4/c1-3-5-7-20(25(39)34-19(22(29)36)8-6-14-33-26(30)31)35-24(38)18(23(37)32-13-4-2)15-16-9-11-17(12-10-16)21(27)28/h4,9-12,18-20H,2-3,5-8,13-15H2,1H3,(H3,27,28)(H2,29,36)(H,32,37)(H,34,39)(H,35,38)(H4,30,31,33)/t18?,19-,20?/m0/s1. The van der Waals surface area contributed by atoms with E-state index in [2.05, 4.69) is 27.5 Å². The normalized spacial score (nSPS) is 12.7. The molecule has 13 heteroatoms. The fraction of sp³-hybridized carbons (Fsp3) is 0.462. The van der Waals surface area contributed by atoms with Crippen molar-refractivity contribution in [3.63, 3.8) is 0 Å². The minimum Gasteiger partial charge on any atom is -0.384 e. The van der Waals surface area contributed by atoms with Crippen LogP contribution in [0.2, 0.25) is 0 Å². The number of unbranched alkanes of at least 4 members (excludes halogenated alkanes) is 1. The van der Waals surface area contributed by atoms with Gasteiger partial charge in [-0.1, -0.05) is 50.1 Å². The Morgan fingerprint density at radius 1 is 0.949 bits per heavy atom. The second-order valence-corrected chi connectivity index (χ2v) is 9.02. The van der Waals surface area contributed by atoms with Gasteiger partial charge in [0.25, 0.3) is 0 Å². The molecule has 13 nitrogen and oxygen atoms in total. The fourth-order valence-corrected chi connectivity index (χ4v) is 3.67. The summed E-state index contributed by atoms with van der Waals surface area (Å²) in [6, 6.07) is 4.63. The van der Waals surface area contributed by atoms with Crippen LogP contribution < -0.4 is 38.9 Å². The van der Waals surface area contributed by atoms with Crippen LogP contribution in [-0.2, 0) is 25.6 Å². The molecule has 3 atom stereocenters. The second-order valence-electron chi connectivity index (χ2n) is 9.02. The second kappa shape index (κ2) is 17.2. The summed E-state index contributed by atoms with van der Waals surface area (Å²) in [4.78, 5) is 55.1. The number of hydrogen-bond donors (Lipinski definition) is 8. The molecule has 214 valence electrons. The van der Waals surface area contributed by atoms with Crippen molar-refractivity contribution in [1.29, 1.82) is 5.41 Å². The Hall–Kier alpha value is -4.42. The first-order valence-electron chi connectivity index (χ1n) is 12.8. The third kappa shape index (κ3) is 12.1. The zero-order valence-corrected chi connectivity index (χ0v) is 22.4. The molecule has 0 aromatic heterocycles. The Labute approximate surface area is 228 Å². The molecule has 12 N–H and O–H groups in total. The molecule has 0 aliphatic rings. The quantitative estimate of drug-likeness (QED) is 0.0382. The van der Waals surface area contributed by atoms with Crippen LogP contribution in [0.3, 0.4) is 0 Å². The molecule has 1 rings (SSSR count). The highest BCUT2D eigenvalue weighted by Gasteiger charge is 2.31. The average molecular weight is 544 g/mol. The SMILES string of the molecule is C=CCNC(=O)C(Cc1ccc(C(=N)N)cc1)C(=O)NC(CCCC)C(=O)N[C@@H](CCCN=C(N)N)C(N)=O. The number of amidine groups is 1. The summed E-state index contributed by atoms with van der Waals surface area (Å²) in [5.74, 6) is -3.84. The fourth-order valence-electron chi connectivity index (χ4n) is 3.67. The first-order chi connectivity index (χ1) is 18.5. The highest BCUT2D eigenvalue weighted by Crippen LogP contribution is 2.13. The molecule has 4 amide bonds. The maximum atomic E-state index is 13.3. The lowest BCUT2D eigenvalue weighted by molar-refractivity contribution is -0.138. The molecule has 0 aliphatic carbocycles. The van der Waals surface area contributed by atoms with E-state index in [1.165, 1.54) is 6.08 Å². The number of rotatable bonds is 18. The van der Waals surface area contributed by atoms with E-state index in [0.717, 1.165) is 6.42 Å². The monoisotopic (exact) mass is 543 g/mol. The van der Waals surface area contributed by atoms with Crippen LogP contribution >= 0.6 is 0 Å². The predicted octanol–water partition coefficient (Wildman–Crippen LogP) is -0.870. The van der Waals surface area contributed by atoms with E-state index in [9.17, 15) is 19.2 Å². The zero-order chi connectivity index (χ0) is 29.4. The van der Waals surface area contributed by atoms with Crippen LogP contribution in [0.1, 0.15) is 50.2 Å². The summed E-state index contributed by atoms with van der Waals surface area (Å²) in [6.07, 6.45) is 3.79. The van der Waals surface area contributed by atoms with Crippen molar-refractivity contribution in [3.05, 3.63) is 48.0 Å². The minimum atomic E-state index is -1.16. The van der Waals surface area contributed by atoms with Crippen molar-refractivity contribution in [1.82, 2.24) is 16.0 Å². The van der Waals surface area contributed by atoms with E-state index in [1.807, 2.05) is 6.92 Å². The van der Waals surface area contributed by atoms with Crippen LogP contribution in [0.5, 0.6) is 0 Å². The number of primary amides is 1. The number of aliphatic imine (C=N–C) groups is 1. The molecule has 1 aromatic carbocycles. The molecule has 0 aliphatic heterocycles. The van der Waals surface area contributed by atoms with Crippen LogP contribution in [0.25, 0.3) is 0 Å². The molecule has 0 saturated heterocycles. The number of benzene rings is 1. The Kier molecular flexibility index (Phi) is 14.3. The summed E-state index contributed by atoms with van der Waals surface area (Å²) in [7, 11) is 0. The van der Waals surface area contributed by atoms with Crippen LogP contribution in [0.4, 0.5) is 0 Å². The van der Waals surface area contributed by atoms with Crippen molar-refractivity contribution in [2.75, 3.05) is 13.1 Å². The van der Waals surface area contributed by atoms with Crippen molar-refractivity contribution in [2.24, 2.45) is 33.8 Å². The van der Waals surface area contributed by atoms with Gasteiger partial charge in [-0.15, -0.1) is 6.58 Å². The van der Waals surface area contributed by atoms with Gasteiger partial charge in [-0.25, -0.2) is 0 Å². The number of carbonyl (C=O) groups is 4. The van der Waals surface area contributed by atoms with Gasteiger partial charge in [0.15, 0.2) is 5.96 Å². The third-order valence-electron chi connectivity index (χ3n) is 5.84. The molecule has 0 saturated carbocycles.